The van der Waals surface area contributed by atoms with Crippen LogP contribution in [0.1, 0.15) is 104 Å². The molecule has 9 nitrogen and oxygen atoms in total. The van der Waals surface area contributed by atoms with Gasteiger partial charge in [0.05, 0.1) is 34.4 Å². The number of nitrogens with zero attached hydrogens (tertiary/aromatic N) is 1. The summed E-state index contributed by atoms with van der Waals surface area (Å²) in [7, 11) is 5.91. The van der Waals surface area contributed by atoms with E-state index >= 15 is 0 Å². The first-order valence-electron chi connectivity index (χ1n) is 16.8. The number of rotatable bonds is 29. The van der Waals surface area contributed by atoms with E-state index in [1.54, 1.807) is 0 Å². The lowest BCUT2D eigenvalue weighted by molar-refractivity contribution is -0.870. The van der Waals surface area contributed by atoms with Gasteiger partial charge >= 0.3 is 17.9 Å². The maximum atomic E-state index is 12.6. The molecule has 0 saturated carbocycles. The first kappa shape index (κ1) is 42.2. The molecule has 0 fully saturated rings. The van der Waals surface area contributed by atoms with Crippen LogP contribution < -0.4 is 0 Å². The van der Waals surface area contributed by atoms with Gasteiger partial charge in [0.2, 0.25) is 0 Å². The van der Waals surface area contributed by atoms with Crippen LogP contribution in [0.4, 0.5) is 0 Å². The smallest absolute Gasteiger partial charge is 0.361 e. The third kappa shape index (κ3) is 29.7. The maximum absolute atomic E-state index is 12.6. The average Bonchev–Trinajstić information content (AvgIpc) is 2.98. The molecule has 0 aromatic carbocycles. The Labute approximate surface area is 272 Å². The van der Waals surface area contributed by atoms with Crippen LogP contribution in [0.3, 0.4) is 0 Å². The van der Waals surface area contributed by atoms with Crippen molar-refractivity contribution in [1.82, 2.24) is 0 Å². The van der Waals surface area contributed by atoms with E-state index in [0.29, 0.717) is 17.4 Å². The fraction of sp³-hybridized carbons (Fsp3) is 0.694. The Hall–Kier alpha value is -2.75. The molecule has 0 saturated heterocycles. The fourth-order valence-corrected chi connectivity index (χ4v) is 3.94. The Bertz CT molecular complexity index is 888. The van der Waals surface area contributed by atoms with Gasteiger partial charge in [0.15, 0.2) is 6.10 Å². The summed E-state index contributed by atoms with van der Waals surface area (Å²) in [5, 5.41) is 9.51. The molecule has 0 aromatic rings. The van der Waals surface area contributed by atoms with Gasteiger partial charge in [-0.25, -0.2) is 4.79 Å². The molecule has 258 valence electrons. The molecule has 0 aliphatic rings. The van der Waals surface area contributed by atoms with Crippen LogP contribution in [0.5, 0.6) is 0 Å². The predicted octanol–water partition coefficient (Wildman–Crippen LogP) is 7.32. The van der Waals surface area contributed by atoms with Crippen molar-refractivity contribution in [3.05, 3.63) is 48.6 Å². The molecular formula is C36H62NO8+. The molecule has 9 heteroatoms. The van der Waals surface area contributed by atoms with Crippen molar-refractivity contribution >= 4 is 17.9 Å². The lowest BCUT2D eigenvalue weighted by Gasteiger charge is -2.25. The van der Waals surface area contributed by atoms with Crippen molar-refractivity contribution in [3.63, 3.8) is 0 Å². The van der Waals surface area contributed by atoms with E-state index in [9.17, 15) is 19.5 Å². The minimum absolute atomic E-state index is 0.178. The molecule has 0 radical (unpaired) electrons. The highest BCUT2D eigenvalue weighted by molar-refractivity contribution is 5.71. The highest BCUT2D eigenvalue weighted by Crippen LogP contribution is 2.10. The molecule has 0 bridgehead atoms. The molecule has 2 atom stereocenters. The molecule has 0 rings (SSSR count). The van der Waals surface area contributed by atoms with Crippen molar-refractivity contribution in [3.8, 4) is 0 Å². The molecule has 0 aromatic heterocycles. The Balaban J connectivity index is 4.62. The van der Waals surface area contributed by atoms with Gasteiger partial charge in [-0.2, -0.15) is 0 Å². The minimum atomic E-state index is -1.52. The Morgan fingerprint density at radius 3 is 1.87 bits per heavy atom. The number of esters is 2. The molecular weight excluding hydrogens is 574 g/mol. The van der Waals surface area contributed by atoms with Gasteiger partial charge in [0, 0.05) is 12.8 Å². The van der Waals surface area contributed by atoms with Crippen molar-refractivity contribution < 1.29 is 42.9 Å². The summed E-state index contributed by atoms with van der Waals surface area (Å²) in [4.78, 5) is 36.5. The zero-order valence-electron chi connectivity index (χ0n) is 28.8. The third-order valence-electron chi connectivity index (χ3n) is 6.60. The summed E-state index contributed by atoms with van der Waals surface area (Å²) in [6.07, 6.45) is 26.5. The highest BCUT2D eigenvalue weighted by atomic mass is 16.7. The molecule has 0 aliphatic heterocycles. The van der Waals surface area contributed by atoms with E-state index in [1.807, 2.05) is 21.1 Å². The number of allylic oxidation sites excluding steroid dienone is 8. The number of hydrogen-bond acceptors (Lipinski definition) is 7. The highest BCUT2D eigenvalue weighted by Gasteiger charge is 2.25. The fourth-order valence-electron chi connectivity index (χ4n) is 3.94. The van der Waals surface area contributed by atoms with Crippen molar-refractivity contribution in [2.75, 3.05) is 47.5 Å². The molecule has 0 spiro atoms. The van der Waals surface area contributed by atoms with E-state index in [-0.39, 0.29) is 38.6 Å². The number of carboxylic acid groups (broad SMARTS) is 1. The lowest BCUT2D eigenvalue weighted by atomic mass is 10.1. The summed E-state index contributed by atoms with van der Waals surface area (Å²) in [5.74, 6) is -2.09. The number of quaternary nitrogens is 1. The number of carbonyl (C=O) groups excluding carboxylic acids is 2. The summed E-state index contributed by atoms with van der Waals surface area (Å²) >= 11 is 0. The van der Waals surface area contributed by atoms with Gasteiger partial charge in [0.1, 0.15) is 13.2 Å². The van der Waals surface area contributed by atoms with Gasteiger partial charge < -0.3 is 28.5 Å². The molecule has 2 unspecified atom stereocenters. The largest absolute Gasteiger partial charge is 0.477 e. The number of hydrogen-bond donors (Lipinski definition) is 1. The van der Waals surface area contributed by atoms with E-state index < -0.39 is 24.3 Å². The molecule has 0 aliphatic carbocycles. The normalized spacial score (nSPS) is 13.7. The Morgan fingerprint density at radius 1 is 0.689 bits per heavy atom. The van der Waals surface area contributed by atoms with Gasteiger partial charge in [-0.1, -0.05) is 88.1 Å². The quantitative estimate of drug-likeness (QED) is 0.0299. The van der Waals surface area contributed by atoms with Gasteiger partial charge in [-0.15, -0.1) is 0 Å². The summed E-state index contributed by atoms with van der Waals surface area (Å²) in [6, 6.07) is 0. The van der Waals surface area contributed by atoms with Crippen molar-refractivity contribution in [1.29, 1.82) is 0 Å². The van der Waals surface area contributed by atoms with E-state index in [1.165, 1.54) is 0 Å². The van der Waals surface area contributed by atoms with Crippen molar-refractivity contribution in [2.24, 2.45) is 0 Å². The number of likely N-dealkylation sites (N-methyl/N-ethyl adjacent to an activating group) is 1. The number of carbonyl (C=O) groups is 3. The summed E-state index contributed by atoms with van der Waals surface area (Å²) in [5.41, 5.74) is 0. The van der Waals surface area contributed by atoms with E-state index in [2.05, 4.69) is 62.5 Å². The topological polar surface area (TPSA) is 108 Å². The molecule has 45 heavy (non-hydrogen) atoms. The average molecular weight is 637 g/mol. The van der Waals surface area contributed by atoms with E-state index in [4.69, 9.17) is 18.9 Å². The summed E-state index contributed by atoms with van der Waals surface area (Å²) < 4.78 is 22.3. The number of unbranched alkanes of at least 4 members (excludes halogenated alkanes) is 6. The second kappa shape index (κ2) is 28.7. The van der Waals surface area contributed by atoms with E-state index in [0.717, 1.165) is 70.6 Å². The van der Waals surface area contributed by atoms with Gasteiger partial charge in [-0.3, -0.25) is 9.59 Å². The molecule has 1 N–H and O–H groups in total. The Morgan fingerprint density at radius 2 is 1.27 bits per heavy atom. The van der Waals surface area contributed by atoms with Gasteiger partial charge in [0.25, 0.3) is 6.29 Å². The standard InChI is InChI=1S/C36H61NO8/c1-6-8-10-12-13-14-15-16-17-18-19-20-21-23-25-27-34(39)45-32(30-43-33(38)26-24-22-11-9-7-2)31-44-36(35(40)41)42-29-28-37(3,4)5/h8,10,13-14,16-17,19-20,32,36H,6-7,9,11-12,15,18,21-31H2,1-5H3/p+1/b10-8-,14-13-,17-16-,20-19-. The monoisotopic (exact) mass is 636 g/mol. The Kier molecular flexibility index (Phi) is 27.0. The van der Waals surface area contributed by atoms with Crippen LogP contribution >= 0.6 is 0 Å². The lowest BCUT2D eigenvalue weighted by Crippen LogP contribution is -2.40. The zero-order chi connectivity index (χ0) is 33.6. The zero-order valence-corrected chi connectivity index (χ0v) is 28.8. The molecule has 0 amide bonds. The maximum Gasteiger partial charge on any atom is 0.361 e. The number of carboxylic acids is 1. The van der Waals surface area contributed by atoms with Crippen LogP contribution in [0.25, 0.3) is 0 Å². The molecule has 0 heterocycles. The summed E-state index contributed by atoms with van der Waals surface area (Å²) in [6.45, 7) is 4.56. The second-order valence-electron chi connectivity index (χ2n) is 12.1. The number of ether oxygens (including phenoxy) is 4. The third-order valence-corrected chi connectivity index (χ3v) is 6.60. The van der Waals surface area contributed by atoms with Crippen LogP contribution in [0.2, 0.25) is 0 Å². The van der Waals surface area contributed by atoms with Crippen LogP contribution in [0.15, 0.2) is 48.6 Å². The first-order chi connectivity index (χ1) is 21.6. The first-order valence-corrected chi connectivity index (χ1v) is 16.8. The van der Waals surface area contributed by atoms with Gasteiger partial charge in [-0.05, 0) is 51.4 Å². The van der Waals surface area contributed by atoms with Crippen LogP contribution in [-0.4, -0.2) is 87.4 Å². The number of aliphatic carboxylic acids is 1. The van der Waals surface area contributed by atoms with Crippen LogP contribution in [0, 0.1) is 0 Å². The van der Waals surface area contributed by atoms with Crippen LogP contribution in [-0.2, 0) is 33.3 Å². The predicted molar refractivity (Wildman–Crippen MR) is 180 cm³/mol. The minimum Gasteiger partial charge on any atom is -0.477 e. The van der Waals surface area contributed by atoms with Crippen molar-refractivity contribution in [2.45, 2.75) is 116 Å². The second-order valence-corrected chi connectivity index (χ2v) is 12.1. The SMILES string of the molecule is CC/C=C\C/C=C\C/C=C\C/C=C\CCCCC(=O)OC(COC(=O)CCCCCCC)COC(OCC[N+](C)(C)C)C(=O)O.